The van der Waals surface area contributed by atoms with E-state index in [2.05, 4.69) is 5.32 Å². The van der Waals surface area contributed by atoms with Gasteiger partial charge in [0.2, 0.25) is 0 Å². The van der Waals surface area contributed by atoms with Crippen LogP contribution in [0.2, 0.25) is 0 Å². The highest BCUT2D eigenvalue weighted by Gasteiger charge is 2.39. The summed E-state index contributed by atoms with van der Waals surface area (Å²) in [7, 11) is 4.01. The average molecular weight is 240 g/mol. The van der Waals surface area contributed by atoms with Crippen LogP contribution in [-0.4, -0.2) is 49.3 Å². The summed E-state index contributed by atoms with van der Waals surface area (Å²) in [6, 6.07) is 0. The van der Waals surface area contributed by atoms with Crippen LogP contribution in [0.15, 0.2) is 0 Å². The molecule has 100 valence electrons. The molecule has 2 fully saturated rings. The number of hydrogen-bond acceptors (Lipinski definition) is 3. The highest BCUT2D eigenvalue weighted by atomic mass is 16.3. The first-order chi connectivity index (χ1) is 7.96. The number of nitrogens with one attached hydrogen (secondary N) is 1. The first-order valence-corrected chi connectivity index (χ1v) is 7.04. The van der Waals surface area contributed by atoms with Gasteiger partial charge in [-0.2, -0.15) is 0 Å². The van der Waals surface area contributed by atoms with Gasteiger partial charge in [-0.15, -0.1) is 0 Å². The largest absolute Gasteiger partial charge is 0.388 e. The monoisotopic (exact) mass is 240 g/mol. The van der Waals surface area contributed by atoms with E-state index in [4.69, 9.17) is 0 Å². The summed E-state index contributed by atoms with van der Waals surface area (Å²) in [6.07, 6.45) is 5.82. The van der Waals surface area contributed by atoms with Crippen LogP contribution in [0.1, 0.15) is 32.6 Å². The second-order valence-corrected chi connectivity index (χ2v) is 6.80. The maximum absolute atomic E-state index is 10.2. The molecule has 0 heterocycles. The molecule has 3 heteroatoms. The fraction of sp³-hybridized carbons (Fsp3) is 1.00. The maximum Gasteiger partial charge on any atom is 0.0869 e. The lowest BCUT2D eigenvalue weighted by atomic mass is 9.89. The number of fused-ring (bicyclic) bond motifs is 2. The van der Waals surface area contributed by atoms with Gasteiger partial charge in [0.25, 0.3) is 0 Å². The number of hydrogen-bond donors (Lipinski definition) is 2. The first kappa shape index (κ1) is 13.3. The third-order valence-corrected chi connectivity index (χ3v) is 4.45. The third-order valence-electron chi connectivity index (χ3n) is 4.45. The molecule has 0 aliphatic heterocycles. The van der Waals surface area contributed by atoms with Gasteiger partial charge in [0.1, 0.15) is 0 Å². The quantitative estimate of drug-likeness (QED) is 0.735. The molecule has 0 spiro atoms. The summed E-state index contributed by atoms with van der Waals surface area (Å²) >= 11 is 0. The van der Waals surface area contributed by atoms with Crippen LogP contribution >= 0.6 is 0 Å². The summed E-state index contributed by atoms with van der Waals surface area (Å²) in [5, 5.41) is 13.7. The molecule has 2 aliphatic carbocycles. The Morgan fingerprint density at radius 2 is 2.06 bits per heavy atom. The predicted octanol–water partition coefficient (Wildman–Crippen LogP) is 1.32. The third kappa shape index (κ3) is 3.67. The lowest BCUT2D eigenvalue weighted by Gasteiger charge is -2.29. The van der Waals surface area contributed by atoms with Gasteiger partial charge in [-0.3, -0.25) is 0 Å². The molecule has 2 bridgehead atoms. The Morgan fingerprint density at radius 1 is 1.29 bits per heavy atom. The Bertz CT molecular complexity index is 253. The highest BCUT2D eigenvalue weighted by Crippen LogP contribution is 2.47. The van der Waals surface area contributed by atoms with Crippen molar-refractivity contribution in [3.63, 3.8) is 0 Å². The van der Waals surface area contributed by atoms with Crippen LogP contribution in [0.25, 0.3) is 0 Å². The highest BCUT2D eigenvalue weighted by molar-refractivity contribution is 4.91. The zero-order valence-electron chi connectivity index (χ0n) is 11.6. The Morgan fingerprint density at radius 3 is 2.59 bits per heavy atom. The zero-order valence-corrected chi connectivity index (χ0v) is 11.6. The molecule has 4 atom stereocenters. The van der Waals surface area contributed by atoms with Crippen molar-refractivity contribution < 1.29 is 5.11 Å². The minimum Gasteiger partial charge on any atom is -0.388 e. The minimum absolute atomic E-state index is 0.610. The van der Waals surface area contributed by atoms with E-state index in [0.717, 1.165) is 30.8 Å². The zero-order chi connectivity index (χ0) is 12.5. The molecule has 0 amide bonds. The van der Waals surface area contributed by atoms with Gasteiger partial charge < -0.3 is 15.3 Å². The van der Waals surface area contributed by atoms with Gasteiger partial charge in [-0.25, -0.2) is 0 Å². The normalized spacial score (nSPS) is 35.5. The Kier molecular flexibility index (Phi) is 4.11. The van der Waals surface area contributed by atoms with E-state index in [9.17, 15) is 5.11 Å². The lowest BCUT2D eigenvalue weighted by Crippen LogP contribution is -2.46. The first-order valence-electron chi connectivity index (χ1n) is 7.04. The summed E-state index contributed by atoms with van der Waals surface area (Å²) in [4.78, 5) is 2.04. The van der Waals surface area contributed by atoms with Crippen LogP contribution in [-0.2, 0) is 0 Å². The summed E-state index contributed by atoms with van der Waals surface area (Å²) in [5.41, 5.74) is -0.610. The van der Waals surface area contributed by atoms with E-state index in [-0.39, 0.29) is 0 Å². The fourth-order valence-corrected chi connectivity index (χ4v) is 3.89. The Hall–Kier alpha value is -0.120. The molecular weight excluding hydrogens is 212 g/mol. The number of aliphatic hydroxyl groups is 1. The van der Waals surface area contributed by atoms with Crippen molar-refractivity contribution in [2.24, 2.45) is 17.8 Å². The van der Waals surface area contributed by atoms with Gasteiger partial charge in [-0.05, 0) is 64.6 Å². The van der Waals surface area contributed by atoms with Crippen LogP contribution in [0.3, 0.4) is 0 Å². The minimum atomic E-state index is -0.610. The molecule has 0 aromatic carbocycles. The summed E-state index contributed by atoms with van der Waals surface area (Å²) in [6.45, 7) is 4.45. The summed E-state index contributed by atoms with van der Waals surface area (Å²) < 4.78 is 0. The Balaban J connectivity index is 1.66. The molecule has 0 aromatic rings. The van der Waals surface area contributed by atoms with Crippen LogP contribution in [0.5, 0.6) is 0 Å². The standard InChI is InChI=1S/C14H28N2O/c1-14(17,10-16(2)3)9-15-8-13-7-11-4-5-12(13)6-11/h11-13,15,17H,4-10H2,1-3H3. The van der Waals surface area contributed by atoms with Crippen molar-refractivity contribution >= 4 is 0 Å². The molecule has 2 N–H and O–H groups in total. The van der Waals surface area contributed by atoms with E-state index in [1.807, 2.05) is 25.9 Å². The van der Waals surface area contributed by atoms with Gasteiger partial charge >= 0.3 is 0 Å². The lowest BCUT2D eigenvalue weighted by molar-refractivity contribution is 0.0325. The van der Waals surface area contributed by atoms with Gasteiger partial charge in [0, 0.05) is 13.1 Å². The van der Waals surface area contributed by atoms with Gasteiger partial charge in [0.15, 0.2) is 0 Å². The second kappa shape index (κ2) is 5.25. The number of rotatable bonds is 6. The van der Waals surface area contributed by atoms with E-state index >= 15 is 0 Å². The molecule has 0 saturated heterocycles. The second-order valence-electron chi connectivity index (χ2n) is 6.80. The van der Waals surface area contributed by atoms with Crippen molar-refractivity contribution in [2.45, 2.75) is 38.2 Å². The fourth-order valence-electron chi connectivity index (χ4n) is 3.89. The van der Waals surface area contributed by atoms with Gasteiger partial charge in [-0.1, -0.05) is 6.42 Å². The molecular formula is C14H28N2O. The van der Waals surface area contributed by atoms with Gasteiger partial charge in [0.05, 0.1) is 5.60 Å². The van der Waals surface area contributed by atoms with Crippen LogP contribution in [0.4, 0.5) is 0 Å². The molecule has 3 nitrogen and oxygen atoms in total. The average Bonchev–Trinajstić information content (AvgIpc) is 2.76. The van der Waals surface area contributed by atoms with Crippen molar-refractivity contribution in [1.82, 2.24) is 10.2 Å². The number of nitrogens with zero attached hydrogens (tertiary/aromatic N) is 1. The van der Waals surface area contributed by atoms with Crippen molar-refractivity contribution in [3.8, 4) is 0 Å². The van der Waals surface area contributed by atoms with E-state index in [1.54, 1.807) is 0 Å². The van der Waals surface area contributed by atoms with Crippen molar-refractivity contribution in [3.05, 3.63) is 0 Å². The molecule has 0 radical (unpaired) electrons. The molecule has 2 rings (SSSR count). The molecule has 2 aliphatic rings. The smallest absolute Gasteiger partial charge is 0.0869 e. The van der Waals surface area contributed by atoms with E-state index < -0.39 is 5.60 Å². The van der Waals surface area contributed by atoms with Crippen LogP contribution in [0, 0.1) is 17.8 Å². The molecule has 0 aromatic heterocycles. The van der Waals surface area contributed by atoms with E-state index in [1.165, 1.54) is 25.7 Å². The molecule has 17 heavy (non-hydrogen) atoms. The topological polar surface area (TPSA) is 35.5 Å². The SMILES string of the molecule is CN(C)CC(C)(O)CNCC1CC2CCC1C2. The predicted molar refractivity (Wildman–Crippen MR) is 71.0 cm³/mol. The Labute approximate surface area is 106 Å². The maximum atomic E-state index is 10.2. The van der Waals surface area contributed by atoms with Crippen LogP contribution < -0.4 is 5.32 Å². The van der Waals surface area contributed by atoms with Crippen molar-refractivity contribution in [1.29, 1.82) is 0 Å². The summed E-state index contributed by atoms with van der Waals surface area (Å²) in [5.74, 6) is 2.88. The van der Waals surface area contributed by atoms with Crippen molar-refractivity contribution in [2.75, 3.05) is 33.7 Å². The molecule has 2 saturated carbocycles. The van der Waals surface area contributed by atoms with E-state index in [0.29, 0.717) is 6.54 Å². The molecule has 4 unspecified atom stereocenters. The number of likely N-dealkylation sites (N-methyl/N-ethyl adjacent to an activating group) is 1.